The van der Waals surface area contributed by atoms with Gasteiger partial charge in [0.15, 0.2) is 0 Å². The van der Waals surface area contributed by atoms with Crippen LogP contribution in [0.5, 0.6) is 0 Å². The molecule has 0 saturated carbocycles. The van der Waals surface area contributed by atoms with Gasteiger partial charge in [-0.15, -0.1) is 0 Å². The third-order valence-corrected chi connectivity index (χ3v) is 6.41. The number of carbonyl (C=O) groups excluding carboxylic acids is 1. The summed E-state index contributed by atoms with van der Waals surface area (Å²) in [5, 5.41) is 2.97. The van der Waals surface area contributed by atoms with Crippen molar-refractivity contribution in [1.29, 1.82) is 0 Å². The number of hydrogen-bond donors (Lipinski definition) is 2. The first-order chi connectivity index (χ1) is 14.3. The number of carbonyl (C=O) groups is 1. The van der Waals surface area contributed by atoms with Gasteiger partial charge in [-0.25, -0.2) is 8.42 Å². The van der Waals surface area contributed by atoms with Crippen molar-refractivity contribution in [3.63, 3.8) is 0 Å². The molecule has 0 unspecified atom stereocenters. The van der Waals surface area contributed by atoms with Gasteiger partial charge in [0.2, 0.25) is 0 Å². The van der Waals surface area contributed by atoms with Gasteiger partial charge >= 0.3 is 0 Å². The Kier molecular flexibility index (Phi) is 6.57. The SMILES string of the molecule is CCc1ccc([C@@H](C)NC(=O)c2ccc(C)c(NS(=O)(=O)c3ccccc3)c2)cc1. The quantitative estimate of drug-likeness (QED) is 0.572. The first-order valence-corrected chi connectivity index (χ1v) is 11.4. The summed E-state index contributed by atoms with van der Waals surface area (Å²) < 4.78 is 27.9. The van der Waals surface area contributed by atoms with Gasteiger partial charge in [-0.3, -0.25) is 9.52 Å². The molecule has 30 heavy (non-hydrogen) atoms. The first kappa shape index (κ1) is 21.6. The first-order valence-electron chi connectivity index (χ1n) is 9.88. The van der Waals surface area contributed by atoms with Gasteiger partial charge in [-0.2, -0.15) is 0 Å². The minimum Gasteiger partial charge on any atom is -0.346 e. The van der Waals surface area contributed by atoms with Crippen molar-refractivity contribution in [3.8, 4) is 0 Å². The summed E-state index contributed by atoms with van der Waals surface area (Å²) in [5.74, 6) is -0.262. The van der Waals surface area contributed by atoms with Gasteiger partial charge in [0.25, 0.3) is 15.9 Å². The maximum atomic E-state index is 12.8. The molecule has 0 aliphatic heterocycles. The van der Waals surface area contributed by atoms with Crippen molar-refractivity contribution in [2.24, 2.45) is 0 Å². The van der Waals surface area contributed by atoms with E-state index in [2.05, 4.69) is 29.1 Å². The number of amides is 1. The van der Waals surface area contributed by atoms with Gasteiger partial charge in [0, 0.05) is 5.56 Å². The zero-order valence-electron chi connectivity index (χ0n) is 17.3. The minimum atomic E-state index is -3.73. The van der Waals surface area contributed by atoms with Gasteiger partial charge in [0.1, 0.15) is 0 Å². The molecule has 0 bridgehead atoms. The molecular weight excluding hydrogens is 396 g/mol. The Labute approximate surface area is 178 Å². The van der Waals surface area contributed by atoms with Crippen LogP contribution in [0.2, 0.25) is 0 Å². The highest BCUT2D eigenvalue weighted by Gasteiger charge is 2.17. The van der Waals surface area contributed by atoms with Crippen molar-refractivity contribution in [3.05, 3.63) is 95.1 Å². The average Bonchev–Trinajstić information content (AvgIpc) is 2.75. The van der Waals surface area contributed by atoms with Crippen LogP contribution in [0.3, 0.4) is 0 Å². The molecule has 3 rings (SSSR count). The number of hydrogen-bond acceptors (Lipinski definition) is 3. The molecule has 0 radical (unpaired) electrons. The van der Waals surface area contributed by atoms with Crippen LogP contribution in [0.4, 0.5) is 5.69 Å². The van der Waals surface area contributed by atoms with Crippen LogP contribution in [0.25, 0.3) is 0 Å². The smallest absolute Gasteiger partial charge is 0.261 e. The van der Waals surface area contributed by atoms with Crippen molar-refractivity contribution in [2.45, 2.75) is 38.1 Å². The van der Waals surface area contributed by atoms with Gasteiger partial charge in [-0.05, 0) is 61.2 Å². The van der Waals surface area contributed by atoms with Crippen LogP contribution in [-0.4, -0.2) is 14.3 Å². The van der Waals surface area contributed by atoms with E-state index in [9.17, 15) is 13.2 Å². The Hall–Kier alpha value is -3.12. The molecule has 3 aromatic carbocycles. The topological polar surface area (TPSA) is 75.3 Å². The predicted molar refractivity (Wildman–Crippen MR) is 120 cm³/mol. The Morgan fingerprint density at radius 3 is 2.27 bits per heavy atom. The number of anilines is 1. The molecule has 0 aromatic heterocycles. The fourth-order valence-electron chi connectivity index (χ4n) is 3.08. The Morgan fingerprint density at radius 1 is 0.967 bits per heavy atom. The van der Waals surface area contributed by atoms with Crippen LogP contribution >= 0.6 is 0 Å². The second-order valence-electron chi connectivity index (χ2n) is 7.24. The maximum Gasteiger partial charge on any atom is 0.261 e. The van der Waals surface area contributed by atoms with Crippen LogP contribution in [0, 0.1) is 6.92 Å². The molecule has 1 atom stereocenters. The van der Waals surface area contributed by atoms with E-state index in [1.807, 2.05) is 19.1 Å². The van der Waals surface area contributed by atoms with Gasteiger partial charge in [0.05, 0.1) is 16.6 Å². The van der Waals surface area contributed by atoms with E-state index in [1.54, 1.807) is 43.3 Å². The third-order valence-electron chi connectivity index (χ3n) is 5.03. The number of aryl methyl sites for hydroxylation is 2. The van der Waals surface area contributed by atoms with E-state index in [0.29, 0.717) is 11.3 Å². The van der Waals surface area contributed by atoms with E-state index in [1.165, 1.54) is 17.7 Å². The second kappa shape index (κ2) is 9.13. The van der Waals surface area contributed by atoms with Crippen LogP contribution in [-0.2, 0) is 16.4 Å². The highest BCUT2D eigenvalue weighted by Crippen LogP contribution is 2.22. The highest BCUT2D eigenvalue weighted by molar-refractivity contribution is 7.92. The van der Waals surface area contributed by atoms with Crippen molar-refractivity contribution in [1.82, 2.24) is 5.32 Å². The number of benzene rings is 3. The van der Waals surface area contributed by atoms with Crippen molar-refractivity contribution in [2.75, 3.05) is 4.72 Å². The Morgan fingerprint density at radius 2 is 1.63 bits per heavy atom. The van der Waals surface area contributed by atoms with E-state index >= 15 is 0 Å². The summed E-state index contributed by atoms with van der Waals surface area (Å²) >= 11 is 0. The fourth-order valence-corrected chi connectivity index (χ4v) is 4.22. The molecule has 0 fully saturated rings. The molecule has 1 amide bonds. The van der Waals surface area contributed by atoms with Crippen LogP contribution in [0.15, 0.2) is 77.7 Å². The maximum absolute atomic E-state index is 12.8. The molecule has 5 nitrogen and oxygen atoms in total. The number of sulfonamides is 1. The minimum absolute atomic E-state index is 0.170. The lowest BCUT2D eigenvalue weighted by Gasteiger charge is -2.16. The lowest BCUT2D eigenvalue weighted by atomic mass is 10.0. The van der Waals surface area contributed by atoms with E-state index in [4.69, 9.17) is 0 Å². The van der Waals surface area contributed by atoms with Gasteiger partial charge in [-0.1, -0.05) is 55.5 Å². The molecule has 0 heterocycles. The molecule has 2 N–H and O–H groups in total. The average molecular weight is 423 g/mol. The molecule has 156 valence electrons. The standard InChI is InChI=1S/C24H26N2O3S/c1-4-19-11-14-20(15-12-19)18(3)25-24(27)21-13-10-17(2)23(16-21)26-30(28,29)22-8-6-5-7-9-22/h5-16,18,26H,4H2,1-3H3,(H,25,27)/t18-/m1/s1. The highest BCUT2D eigenvalue weighted by atomic mass is 32.2. The third kappa shape index (κ3) is 5.07. The van der Waals surface area contributed by atoms with Crippen molar-refractivity contribution < 1.29 is 13.2 Å². The van der Waals surface area contributed by atoms with Crippen LogP contribution in [0.1, 0.15) is 46.9 Å². The molecular formula is C24H26N2O3S. The summed E-state index contributed by atoms with van der Waals surface area (Å²) in [5.41, 5.74) is 3.76. The summed E-state index contributed by atoms with van der Waals surface area (Å²) in [7, 11) is -3.73. The Balaban J connectivity index is 1.77. The molecule has 0 aliphatic rings. The zero-order chi connectivity index (χ0) is 21.7. The Bertz CT molecular complexity index is 1120. The fraction of sp³-hybridized carbons (Fsp3) is 0.208. The summed E-state index contributed by atoms with van der Waals surface area (Å²) in [6.07, 6.45) is 0.964. The molecule has 0 aliphatic carbocycles. The molecule has 0 spiro atoms. The molecule has 3 aromatic rings. The van der Waals surface area contributed by atoms with Gasteiger partial charge < -0.3 is 5.32 Å². The number of nitrogens with one attached hydrogen (secondary N) is 2. The van der Waals surface area contributed by atoms with Crippen LogP contribution < -0.4 is 10.0 Å². The summed E-state index contributed by atoms with van der Waals surface area (Å²) in [4.78, 5) is 12.9. The van der Waals surface area contributed by atoms with E-state index < -0.39 is 10.0 Å². The lowest BCUT2D eigenvalue weighted by molar-refractivity contribution is 0.0940. The van der Waals surface area contributed by atoms with E-state index in [0.717, 1.165) is 17.5 Å². The van der Waals surface area contributed by atoms with Crippen molar-refractivity contribution >= 4 is 21.6 Å². The summed E-state index contributed by atoms with van der Waals surface area (Å²) in [6, 6.07) is 21.1. The van der Waals surface area contributed by atoms with E-state index in [-0.39, 0.29) is 16.8 Å². The summed E-state index contributed by atoms with van der Waals surface area (Å²) in [6.45, 7) is 5.82. The normalized spacial score (nSPS) is 12.2. The number of rotatable bonds is 7. The molecule has 6 heteroatoms. The lowest BCUT2D eigenvalue weighted by Crippen LogP contribution is -2.26. The zero-order valence-corrected chi connectivity index (χ0v) is 18.2. The predicted octanol–water partition coefficient (Wildman–Crippen LogP) is 4.85. The second-order valence-corrected chi connectivity index (χ2v) is 8.92. The molecule has 0 saturated heterocycles. The monoisotopic (exact) mass is 422 g/mol. The largest absolute Gasteiger partial charge is 0.346 e.